The molecule has 0 radical (unpaired) electrons. The number of amides is 4. The van der Waals surface area contributed by atoms with Crippen LogP contribution >= 0.6 is 0 Å². The first-order valence-electron chi connectivity index (χ1n) is 7.76. The van der Waals surface area contributed by atoms with E-state index in [1.54, 1.807) is 6.92 Å². The highest BCUT2D eigenvalue weighted by atomic mass is 32.3. The largest absolute Gasteiger partial charge is 0.465 e. The molecule has 2 aliphatic heterocycles. The molecule has 26 heavy (non-hydrogen) atoms. The van der Waals surface area contributed by atoms with Gasteiger partial charge in [-0.25, -0.2) is 15.1 Å². The minimum atomic E-state index is -4.85. The van der Waals surface area contributed by atoms with Crippen molar-refractivity contribution in [3.8, 4) is 0 Å². The van der Waals surface area contributed by atoms with Gasteiger partial charge < -0.3 is 15.3 Å². The number of rotatable bonds is 8. The van der Waals surface area contributed by atoms with E-state index in [1.165, 1.54) is 0 Å². The molecule has 148 valence electrons. The van der Waals surface area contributed by atoms with Crippen molar-refractivity contribution in [1.29, 1.82) is 0 Å². The van der Waals surface area contributed by atoms with Gasteiger partial charge in [-0.3, -0.25) is 14.2 Å². The minimum absolute atomic E-state index is 0.0501. The summed E-state index contributed by atoms with van der Waals surface area (Å²) in [6.45, 7) is 1.76. The van der Waals surface area contributed by atoms with Gasteiger partial charge in [0.25, 0.3) is 5.91 Å². The second-order valence-corrected chi connectivity index (χ2v) is 6.97. The van der Waals surface area contributed by atoms with Gasteiger partial charge in [0, 0.05) is 12.6 Å². The van der Waals surface area contributed by atoms with Gasteiger partial charge in [0.1, 0.15) is 6.04 Å². The van der Waals surface area contributed by atoms with E-state index in [0.717, 1.165) is 4.90 Å². The summed E-state index contributed by atoms with van der Waals surface area (Å²) in [5.74, 6) is -0.593. The summed E-state index contributed by atoms with van der Waals surface area (Å²) in [5.41, 5.74) is 2.19. The van der Waals surface area contributed by atoms with Crippen LogP contribution in [0.1, 0.15) is 26.2 Å². The summed E-state index contributed by atoms with van der Waals surface area (Å²) in [4.78, 5) is 40.9. The standard InChI is InChI=1S/C12H20N4O9S/c1-7(13-11(18)19)4-5-24-14-10(17)9-3-2-8-6-15(9)12(20)16(8)25-26(21,22)23/h7-9,13H,2-6H2,1H3,(H,14,17)(H,18,19)(H,21,22,23)/t7?,8-,9+/m1/s1. The van der Waals surface area contributed by atoms with Crippen molar-refractivity contribution in [2.75, 3.05) is 13.2 Å². The number of carbonyl (C=O) groups is 3. The molecule has 4 amide bonds. The molecule has 3 atom stereocenters. The molecule has 2 aliphatic rings. The van der Waals surface area contributed by atoms with Gasteiger partial charge in [-0.15, -0.1) is 4.28 Å². The number of carboxylic acid groups (broad SMARTS) is 1. The molecule has 2 rings (SSSR count). The van der Waals surface area contributed by atoms with Crippen LogP contribution in [0.15, 0.2) is 0 Å². The molecule has 0 spiro atoms. The molecule has 13 nitrogen and oxygen atoms in total. The Labute approximate surface area is 149 Å². The molecule has 14 heteroatoms. The Bertz CT molecular complexity index is 670. The van der Waals surface area contributed by atoms with Crippen LogP contribution in [-0.4, -0.2) is 77.3 Å². The van der Waals surface area contributed by atoms with E-state index in [1.807, 2.05) is 0 Å². The quantitative estimate of drug-likeness (QED) is 0.230. The summed E-state index contributed by atoms with van der Waals surface area (Å²) in [6, 6.07) is -2.67. The van der Waals surface area contributed by atoms with Crippen LogP contribution in [0, 0.1) is 0 Å². The number of nitrogens with one attached hydrogen (secondary N) is 2. The van der Waals surface area contributed by atoms with E-state index in [0.29, 0.717) is 17.9 Å². The topological polar surface area (TPSA) is 175 Å². The Kier molecular flexibility index (Phi) is 6.22. The number of nitrogens with zero attached hydrogens (tertiary/aromatic N) is 2. The molecule has 0 aromatic carbocycles. The monoisotopic (exact) mass is 396 g/mol. The van der Waals surface area contributed by atoms with Crippen molar-refractivity contribution < 1.29 is 41.6 Å². The number of hydrogen-bond acceptors (Lipinski definition) is 7. The lowest BCUT2D eigenvalue weighted by atomic mass is 10.0. The first-order chi connectivity index (χ1) is 12.1. The lowest BCUT2D eigenvalue weighted by molar-refractivity contribution is -0.139. The van der Waals surface area contributed by atoms with Crippen LogP contribution in [0.3, 0.4) is 0 Å². The first-order valence-corrected chi connectivity index (χ1v) is 9.13. The zero-order chi connectivity index (χ0) is 19.5. The average Bonchev–Trinajstić information content (AvgIpc) is 2.74. The number of fused-ring (bicyclic) bond motifs is 2. The molecule has 0 aromatic heterocycles. The Hall–Kier alpha value is -2.16. The van der Waals surface area contributed by atoms with Gasteiger partial charge >= 0.3 is 22.5 Å². The molecular formula is C12H20N4O9S. The first kappa shape index (κ1) is 20.2. The number of hydroxylamine groups is 3. The fourth-order valence-electron chi connectivity index (χ4n) is 2.81. The molecule has 2 heterocycles. The summed E-state index contributed by atoms with van der Waals surface area (Å²) in [6.07, 6.45) is -0.288. The SMILES string of the molecule is CC(CCONC(=O)[C@@H]1CC[C@@H]2CN1C(=O)N2OS(=O)(=O)O)NC(=O)O. The van der Waals surface area contributed by atoms with Crippen molar-refractivity contribution in [2.24, 2.45) is 0 Å². The van der Waals surface area contributed by atoms with Crippen LogP contribution in [0.5, 0.6) is 0 Å². The summed E-state index contributed by atoms with van der Waals surface area (Å²) in [7, 11) is -4.85. The molecule has 2 bridgehead atoms. The van der Waals surface area contributed by atoms with Crippen molar-refractivity contribution in [1.82, 2.24) is 20.8 Å². The smallest absolute Gasteiger partial charge is 0.418 e. The Balaban J connectivity index is 1.82. The number of urea groups is 1. The fraction of sp³-hybridized carbons (Fsp3) is 0.750. The summed E-state index contributed by atoms with van der Waals surface area (Å²) >= 11 is 0. The lowest BCUT2D eigenvalue weighted by Crippen LogP contribution is -2.49. The zero-order valence-electron chi connectivity index (χ0n) is 13.8. The molecule has 0 aromatic rings. The minimum Gasteiger partial charge on any atom is -0.465 e. The lowest BCUT2D eigenvalue weighted by Gasteiger charge is -2.28. The molecule has 2 saturated heterocycles. The molecular weight excluding hydrogens is 376 g/mol. The molecule has 0 saturated carbocycles. The third-order valence-corrected chi connectivity index (χ3v) is 4.34. The fourth-order valence-corrected chi connectivity index (χ4v) is 3.20. The van der Waals surface area contributed by atoms with Crippen molar-refractivity contribution in [3.05, 3.63) is 0 Å². The van der Waals surface area contributed by atoms with Crippen LogP contribution in [0.25, 0.3) is 0 Å². The Morgan fingerprint density at radius 2 is 2.08 bits per heavy atom. The zero-order valence-corrected chi connectivity index (χ0v) is 14.6. The van der Waals surface area contributed by atoms with E-state index in [2.05, 4.69) is 15.1 Å². The van der Waals surface area contributed by atoms with Crippen LogP contribution in [-0.2, 0) is 24.3 Å². The maximum Gasteiger partial charge on any atom is 0.418 e. The highest BCUT2D eigenvalue weighted by molar-refractivity contribution is 7.80. The summed E-state index contributed by atoms with van der Waals surface area (Å²) in [5, 5.41) is 11.3. The molecule has 4 N–H and O–H groups in total. The number of piperidine rings is 1. The third kappa shape index (κ3) is 5.17. The highest BCUT2D eigenvalue weighted by Gasteiger charge is 2.49. The van der Waals surface area contributed by atoms with E-state index < -0.39 is 40.5 Å². The third-order valence-electron chi connectivity index (χ3n) is 4.00. The molecule has 1 unspecified atom stereocenters. The maximum absolute atomic E-state index is 12.2. The predicted molar refractivity (Wildman–Crippen MR) is 82.7 cm³/mol. The maximum atomic E-state index is 12.2. The second kappa shape index (κ2) is 8.03. The van der Waals surface area contributed by atoms with Gasteiger partial charge in [0.15, 0.2) is 0 Å². The number of hydrogen-bond donors (Lipinski definition) is 4. The van der Waals surface area contributed by atoms with Gasteiger partial charge in [0.05, 0.1) is 12.6 Å². The van der Waals surface area contributed by atoms with Crippen LogP contribution in [0.2, 0.25) is 0 Å². The van der Waals surface area contributed by atoms with Gasteiger partial charge in [0.2, 0.25) is 0 Å². The van der Waals surface area contributed by atoms with Gasteiger partial charge in [-0.05, 0) is 26.2 Å². The molecule has 2 fully saturated rings. The van der Waals surface area contributed by atoms with E-state index >= 15 is 0 Å². The van der Waals surface area contributed by atoms with Crippen molar-refractivity contribution in [3.63, 3.8) is 0 Å². The van der Waals surface area contributed by atoms with E-state index in [9.17, 15) is 22.8 Å². The van der Waals surface area contributed by atoms with Gasteiger partial charge in [-0.1, -0.05) is 0 Å². The average molecular weight is 396 g/mol. The van der Waals surface area contributed by atoms with Gasteiger partial charge in [-0.2, -0.15) is 13.5 Å². The second-order valence-electron chi connectivity index (χ2n) is 5.96. The predicted octanol–water partition coefficient (Wildman–Crippen LogP) is -0.917. The Morgan fingerprint density at radius 3 is 2.69 bits per heavy atom. The van der Waals surface area contributed by atoms with E-state index in [-0.39, 0.29) is 25.6 Å². The van der Waals surface area contributed by atoms with Crippen LogP contribution in [0.4, 0.5) is 9.59 Å². The van der Waals surface area contributed by atoms with E-state index in [4.69, 9.17) is 14.5 Å². The molecule has 0 aliphatic carbocycles. The number of carbonyl (C=O) groups excluding carboxylic acids is 2. The summed E-state index contributed by atoms with van der Waals surface area (Å²) < 4.78 is 34.6. The van der Waals surface area contributed by atoms with Crippen molar-refractivity contribution >= 4 is 28.4 Å². The van der Waals surface area contributed by atoms with Crippen LogP contribution < -0.4 is 10.8 Å². The Morgan fingerprint density at radius 1 is 1.38 bits per heavy atom. The normalized spacial score (nSPS) is 23.7. The van der Waals surface area contributed by atoms with Crippen molar-refractivity contribution in [2.45, 2.75) is 44.3 Å². The highest BCUT2D eigenvalue weighted by Crippen LogP contribution is 2.30.